The van der Waals surface area contributed by atoms with Crippen molar-refractivity contribution in [2.45, 2.75) is 6.04 Å². The summed E-state index contributed by atoms with van der Waals surface area (Å²) in [6.45, 7) is 3.64. The molecule has 0 radical (unpaired) electrons. The van der Waals surface area contributed by atoms with Gasteiger partial charge in [0.05, 0.1) is 25.1 Å². The van der Waals surface area contributed by atoms with Gasteiger partial charge in [0.15, 0.2) is 0 Å². The molecule has 0 unspecified atom stereocenters. The third-order valence-corrected chi connectivity index (χ3v) is 5.23. The highest BCUT2D eigenvalue weighted by atomic mass is 19.1. The van der Waals surface area contributed by atoms with Gasteiger partial charge in [-0.1, -0.05) is 0 Å². The molecule has 0 aliphatic carbocycles. The number of hydrogen-bond donors (Lipinski definition) is 1. The zero-order chi connectivity index (χ0) is 20.4. The van der Waals surface area contributed by atoms with Crippen molar-refractivity contribution in [2.75, 3.05) is 39.4 Å². The van der Waals surface area contributed by atoms with Crippen molar-refractivity contribution < 1.29 is 28.2 Å². The predicted octanol–water partition coefficient (Wildman–Crippen LogP) is 2.17. The molecule has 0 saturated carbocycles. The van der Waals surface area contributed by atoms with Crippen molar-refractivity contribution in [1.82, 2.24) is 9.80 Å². The van der Waals surface area contributed by atoms with Gasteiger partial charge in [-0.3, -0.25) is 14.5 Å². The van der Waals surface area contributed by atoms with E-state index in [4.69, 9.17) is 9.15 Å². The van der Waals surface area contributed by atoms with E-state index in [2.05, 4.69) is 4.90 Å². The van der Waals surface area contributed by atoms with Gasteiger partial charge in [-0.05, 0) is 36.4 Å². The maximum atomic E-state index is 13.2. The average molecular weight is 400 g/mol. The molecule has 2 fully saturated rings. The van der Waals surface area contributed by atoms with Gasteiger partial charge in [-0.25, -0.2) is 4.39 Å². The molecule has 8 heteroatoms. The molecule has 2 aromatic rings. The minimum absolute atomic E-state index is 0.0569. The van der Waals surface area contributed by atoms with Crippen LogP contribution in [0.15, 0.2) is 52.7 Å². The zero-order valence-corrected chi connectivity index (χ0v) is 15.7. The van der Waals surface area contributed by atoms with Gasteiger partial charge in [0.2, 0.25) is 0 Å². The molecule has 2 aliphatic rings. The summed E-state index contributed by atoms with van der Waals surface area (Å²) in [5.74, 6) is -1.90. The Bertz CT molecular complexity index is 917. The number of benzene rings is 1. The number of likely N-dealkylation sites (tertiary alicyclic amines) is 1. The van der Waals surface area contributed by atoms with Crippen molar-refractivity contribution in [3.05, 3.63) is 65.4 Å². The number of Topliss-reactive ketones (excluding diaryl/α,β-unsaturated/α-hetero) is 1. The number of carbonyl (C=O) groups excluding carboxylic acids is 2. The number of ether oxygens (including phenoxy) is 1. The molecule has 3 heterocycles. The molecule has 1 aromatic heterocycles. The molecular formula is C21H21FN2O5. The fraction of sp³-hybridized carbons (Fsp3) is 0.333. The molecule has 0 bridgehead atoms. The van der Waals surface area contributed by atoms with Crippen molar-refractivity contribution in [3.8, 4) is 0 Å². The zero-order valence-electron chi connectivity index (χ0n) is 15.7. The topological polar surface area (TPSA) is 83.2 Å². The summed E-state index contributed by atoms with van der Waals surface area (Å²) < 4.78 is 24.1. The lowest BCUT2D eigenvalue weighted by Gasteiger charge is -2.30. The fourth-order valence-electron chi connectivity index (χ4n) is 3.69. The van der Waals surface area contributed by atoms with E-state index in [9.17, 15) is 19.1 Å². The van der Waals surface area contributed by atoms with E-state index in [1.165, 1.54) is 35.4 Å². The second kappa shape index (κ2) is 8.18. The number of aliphatic hydroxyl groups is 1. The third-order valence-electron chi connectivity index (χ3n) is 5.23. The van der Waals surface area contributed by atoms with Crippen molar-refractivity contribution in [2.24, 2.45) is 0 Å². The van der Waals surface area contributed by atoms with Crippen molar-refractivity contribution in [1.29, 1.82) is 0 Å². The Labute approximate surface area is 167 Å². The lowest BCUT2D eigenvalue weighted by molar-refractivity contribution is -0.140. The summed E-state index contributed by atoms with van der Waals surface area (Å²) in [4.78, 5) is 29.1. The van der Waals surface area contributed by atoms with E-state index in [0.717, 1.165) is 13.1 Å². The Kier molecular flexibility index (Phi) is 5.46. The summed E-state index contributed by atoms with van der Waals surface area (Å²) in [6.07, 6.45) is 1.45. The first-order valence-electron chi connectivity index (χ1n) is 9.44. The molecule has 1 aromatic carbocycles. The number of ketones is 1. The third kappa shape index (κ3) is 3.81. The summed E-state index contributed by atoms with van der Waals surface area (Å²) in [5.41, 5.74) is 0.202. The molecule has 2 aliphatic heterocycles. The van der Waals surface area contributed by atoms with Crippen LogP contribution in [0.1, 0.15) is 17.4 Å². The van der Waals surface area contributed by atoms with Gasteiger partial charge in [-0.15, -0.1) is 0 Å². The van der Waals surface area contributed by atoms with E-state index >= 15 is 0 Å². The highest BCUT2D eigenvalue weighted by Crippen LogP contribution is 2.39. The lowest BCUT2D eigenvalue weighted by atomic mass is 9.99. The molecule has 2 saturated heterocycles. The summed E-state index contributed by atoms with van der Waals surface area (Å²) in [7, 11) is 0. The van der Waals surface area contributed by atoms with Crippen LogP contribution >= 0.6 is 0 Å². The van der Waals surface area contributed by atoms with E-state index < -0.39 is 23.5 Å². The van der Waals surface area contributed by atoms with Crippen LogP contribution in [0.25, 0.3) is 5.76 Å². The second-order valence-electron chi connectivity index (χ2n) is 6.97. The number of rotatable bonds is 5. The predicted molar refractivity (Wildman–Crippen MR) is 101 cm³/mol. The molecule has 0 spiro atoms. The van der Waals surface area contributed by atoms with Gasteiger partial charge in [-0.2, -0.15) is 0 Å². The Morgan fingerprint density at radius 2 is 1.83 bits per heavy atom. The van der Waals surface area contributed by atoms with E-state index in [-0.39, 0.29) is 16.9 Å². The number of morpholine rings is 1. The smallest absolute Gasteiger partial charge is 0.295 e. The van der Waals surface area contributed by atoms with Gasteiger partial charge in [0, 0.05) is 31.7 Å². The first kappa shape index (κ1) is 19.4. The average Bonchev–Trinajstić information content (AvgIpc) is 3.35. The summed E-state index contributed by atoms with van der Waals surface area (Å²) in [6, 6.07) is 7.59. The van der Waals surface area contributed by atoms with Crippen LogP contribution in [0.5, 0.6) is 0 Å². The van der Waals surface area contributed by atoms with Crippen molar-refractivity contribution in [3.63, 3.8) is 0 Å². The van der Waals surface area contributed by atoms with Crippen molar-refractivity contribution >= 4 is 17.4 Å². The molecule has 29 heavy (non-hydrogen) atoms. The van der Waals surface area contributed by atoms with Crippen LogP contribution in [-0.4, -0.2) is 66.0 Å². The van der Waals surface area contributed by atoms with Crippen LogP contribution in [0, 0.1) is 5.82 Å². The van der Waals surface area contributed by atoms with Crippen LogP contribution in [0.2, 0.25) is 0 Å². The van der Waals surface area contributed by atoms with E-state index in [1.807, 2.05) is 0 Å². The van der Waals surface area contributed by atoms with Gasteiger partial charge in [0.1, 0.15) is 23.4 Å². The fourth-order valence-corrected chi connectivity index (χ4v) is 3.69. The Hall–Kier alpha value is -2.97. The number of amides is 1. The molecule has 4 rings (SSSR count). The summed E-state index contributed by atoms with van der Waals surface area (Å²) in [5, 5.41) is 10.8. The molecule has 152 valence electrons. The summed E-state index contributed by atoms with van der Waals surface area (Å²) >= 11 is 0. The van der Waals surface area contributed by atoms with Gasteiger partial charge < -0.3 is 19.2 Å². The number of carbonyl (C=O) groups is 2. The molecule has 1 atom stereocenters. The monoisotopic (exact) mass is 400 g/mol. The number of nitrogens with zero attached hydrogens (tertiary/aromatic N) is 2. The minimum Gasteiger partial charge on any atom is -0.507 e. The second-order valence-corrected chi connectivity index (χ2v) is 6.97. The van der Waals surface area contributed by atoms with E-state index in [1.54, 1.807) is 12.1 Å². The largest absolute Gasteiger partial charge is 0.507 e. The highest BCUT2D eigenvalue weighted by molar-refractivity contribution is 6.46. The quantitative estimate of drug-likeness (QED) is 0.471. The highest BCUT2D eigenvalue weighted by Gasteiger charge is 2.47. The van der Waals surface area contributed by atoms with Crippen LogP contribution in [0.4, 0.5) is 4.39 Å². The van der Waals surface area contributed by atoms with E-state index in [0.29, 0.717) is 32.1 Å². The lowest BCUT2D eigenvalue weighted by Crippen LogP contribution is -2.42. The normalized spacial score (nSPS) is 22.4. The van der Waals surface area contributed by atoms with Gasteiger partial charge in [0.25, 0.3) is 11.7 Å². The molecule has 7 nitrogen and oxygen atoms in total. The van der Waals surface area contributed by atoms with Gasteiger partial charge >= 0.3 is 0 Å². The van der Waals surface area contributed by atoms with Crippen LogP contribution in [-0.2, 0) is 14.3 Å². The Morgan fingerprint density at radius 3 is 2.48 bits per heavy atom. The number of halogens is 1. The molecule has 1 amide bonds. The van der Waals surface area contributed by atoms with Crippen LogP contribution in [0.3, 0.4) is 0 Å². The first-order chi connectivity index (χ1) is 14.1. The maximum absolute atomic E-state index is 13.2. The standard InChI is InChI=1S/C21H21FN2O5/c22-15-5-3-14(4-6-15)19(25)17-18(16-2-1-11-29-16)24(21(27)20(17)26)8-7-23-9-12-28-13-10-23/h1-6,11,18,25H,7-10,12-13H2/t18-/m1/s1. The van der Waals surface area contributed by atoms with Crippen LogP contribution < -0.4 is 0 Å². The number of hydrogen-bond acceptors (Lipinski definition) is 6. The Morgan fingerprint density at radius 1 is 1.10 bits per heavy atom. The number of aliphatic hydroxyl groups excluding tert-OH is 1. The SMILES string of the molecule is O=C1C(=O)N(CCN2CCOCC2)[C@H](c2ccco2)C1=C(O)c1ccc(F)cc1. The maximum Gasteiger partial charge on any atom is 0.295 e. The molecule has 1 N–H and O–H groups in total. The molecular weight excluding hydrogens is 379 g/mol. The first-order valence-corrected chi connectivity index (χ1v) is 9.44. The minimum atomic E-state index is -0.837. The number of furan rings is 1. The Balaban J connectivity index is 1.68.